The number of carbonyl (C=O) groups is 2. The van der Waals surface area contributed by atoms with Gasteiger partial charge in [0, 0.05) is 6.42 Å². The van der Waals surface area contributed by atoms with Crippen molar-refractivity contribution in [2.75, 3.05) is 33.7 Å². The standard InChI is InChI=1S/C26H46N2O5/c1-4-5-6-7-8-9-10-11-12-13-14-15-16-17-18-19-26(30)32-23-20-28(21-24(23)33-31)25(29)22-27(2)3/h8-9,11-12,23-24,31H,4-7,10,13-22H2,1-3H3/b9-8-,12-11-/t23-,24?/m1/s1. The van der Waals surface area contributed by atoms with Crippen LogP contribution in [0.1, 0.15) is 84.0 Å². The van der Waals surface area contributed by atoms with Gasteiger partial charge in [0.25, 0.3) is 0 Å². The molecule has 7 nitrogen and oxygen atoms in total. The average molecular weight is 467 g/mol. The van der Waals surface area contributed by atoms with Crippen LogP contribution in [-0.2, 0) is 19.2 Å². The first-order valence-corrected chi connectivity index (χ1v) is 12.7. The largest absolute Gasteiger partial charge is 0.457 e. The summed E-state index contributed by atoms with van der Waals surface area (Å²) in [6, 6.07) is 0. The van der Waals surface area contributed by atoms with Crippen LogP contribution in [-0.4, -0.2) is 72.9 Å². The zero-order valence-corrected chi connectivity index (χ0v) is 21.0. The molecule has 0 aromatic heterocycles. The van der Waals surface area contributed by atoms with Gasteiger partial charge in [-0.3, -0.25) is 14.8 Å². The Morgan fingerprint density at radius 1 is 0.909 bits per heavy atom. The molecule has 0 saturated carbocycles. The van der Waals surface area contributed by atoms with Gasteiger partial charge in [-0.1, -0.05) is 63.3 Å². The summed E-state index contributed by atoms with van der Waals surface area (Å²) in [7, 11) is 3.63. The van der Waals surface area contributed by atoms with Crippen LogP contribution in [0.4, 0.5) is 0 Å². The molecule has 0 aromatic rings. The molecule has 190 valence electrons. The number of allylic oxidation sites excluding steroid dienone is 4. The summed E-state index contributed by atoms with van der Waals surface area (Å²) in [5.74, 6) is -0.371. The van der Waals surface area contributed by atoms with Crippen molar-refractivity contribution in [3.63, 3.8) is 0 Å². The van der Waals surface area contributed by atoms with E-state index in [0.29, 0.717) is 6.42 Å². The number of nitrogens with zero attached hydrogens (tertiary/aromatic N) is 2. The third-order valence-corrected chi connectivity index (χ3v) is 5.77. The first-order chi connectivity index (χ1) is 16.0. The van der Waals surface area contributed by atoms with E-state index in [1.54, 1.807) is 9.80 Å². The second-order valence-electron chi connectivity index (χ2n) is 9.19. The van der Waals surface area contributed by atoms with Gasteiger partial charge in [0.05, 0.1) is 19.6 Å². The maximum absolute atomic E-state index is 12.2. The van der Waals surface area contributed by atoms with Gasteiger partial charge in [-0.15, -0.1) is 0 Å². The van der Waals surface area contributed by atoms with E-state index in [1.807, 2.05) is 14.1 Å². The molecular formula is C26H46N2O5. The average Bonchev–Trinajstić information content (AvgIpc) is 3.19. The topological polar surface area (TPSA) is 79.3 Å². The lowest BCUT2D eigenvalue weighted by Gasteiger charge is -2.18. The van der Waals surface area contributed by atoms with Gasteiger partial charge in [0.1, 0.15) is 6.10 Å². The summed E-state index contributed by atoms with van der Waals surface area (Å²) in [6.45, 7) is 2.98. The van der Waals surface area contributed by atoms with Gasteiger partial charge in [0.2, 0.25) is 5.91 Å². The Kier molecular flexibility index (Phi) is 16.6. The number of carbonyl (C=O) groups excluding carboxylic acids is 2. The smallest absolute Gasteiger partial charge is 0.306 e. The summed E-state index contributed by atoms with van der Waals surface area (Å²) in [5, 5.41) is 9.10. The summed E-state index contributed by atoms with van der Waals surface area (Å²) in [5.41, 5.74) is 0. The normalized spacial score (nSPS) is 18.8. The van der Waals surface area contributed by atoms with Crippen molar-refractivity contribution in [1.29, 1.82) is 0 Å². The van der Waals surface area contributed by atoms with E-state index >= 15 is 0 Å². The Bertz CT molecular complexity index is 591. The van der Waals surface area contributed by atoms with Crippen LogP contribution >= 0.6 is 0 Å². The zero-order valence-electron chi connectivity index (χ0n) is 21.0. The van der Waals surface area contributed by atoms with E-state index in [4.69, 9.17) is 9.99 Å². The molecule has 0 bridgehead atoms. The maximum atomic E-state index is 12.2. The first kappa shape index (κ1) is 29.3. The molecule has 1 unspecified atom stereocenters. The van der Waals surface area contributed by atoms with Crippen LogP contribution in [0.15, 0.2) is 24.3 Å². The number of likely N-dealkylation sites (tertiary alicyclic amines) is 1. The van der Waals surface area contributed by atoms with Crippen molar-refractivity contribution in [2.24, 2.45) is 0 Å². The lowest BCUT2D eigenvalue weighted by Crippen LogP contribution is -2.37. The number of esters is 1. The Morgan fingerprint density at radius 2 is 1.52 bits per heavy atom. The molecule has 0 spiro atoms. The van der Waals surface area contributed by atoms with E-state index in [-0.39, 0.29) is 31.5 Å². The third-order valence-electron chi connectivity index (χ3n) is 5.77. The number of hydrogen-bond donors (Lipinski definition) is 1. The highest BCUT2D eigenvalue weighted by atomic mass is 17.1. The predicted octanol–water partition coefficient (Wildman–Crippen LogP) is 4.97. The van der Waals surface area contributed by atoms with Crippen LogP contribution in [0, 0.1) is 0 Å². The zero-order chi connectivity index (χ0) is 24.3. The molecule has 7 heteroatoms. The number of amides is 1. The van der Waals surface area contributed by atoms with Gasteiger partial charge < -0.3 is 14.5 Å². The Labute approximate surface area is 200 Å². The fourth-order valence-electron chi connectivity index (χ4n) is 3.84. The molecule has 1 fully saturated rings. The van der Waals surface area contributed by atoms with Crippen molar-refractivity contribution in [3.8, 4) is 0 Å². The van der Waals surface area contributed by atoms with E-state index in [1.165, 1.54) is 32.1 Å². The molecule has 1 N–H and O–H groups in total. The minimum absolute atomic E-state index is 0.0747. The molecule has 0 radical (unpaired) electrons. The fraction of sp³-hybridized carbons (Fsp3) is 0.769. The molecule has 1 aliphatic rings. The summed E-state index contributed by atoms with van der Waals surface area (Å²) in [4.78, 5) is 32.1. The third kappa shape index (κ3) is 14.2. The number of rotatable bonds is 18. The molecule has 1 aliphatic heterocycles. The van der Waals surface area contributed by atoms with E-state index in [9.17, 15) is 9.59 Å². The van der Waals surface area contributed by atoms with Crippen LogP contribution in [0.2, 0.25) is 0 Å². The van der Waals surface area contributed by atoms with Crippen LogP contribution in [0.25, 0.3) is 0 Å². The lowest BCUT2D eigenvalue weighted by atomic mass is 10.1. The second-order valence-corrected chi connectivity index (χ2v) is 9.19. The van der Waals surface area contributed by atoms with E-state index in [0.717, 1.165) is 38.5 Å². The molecule has 1 amide bonds. The number of likely N-dealkylation sites (N-methyl/N-ethyl adjacent to an activating group) is 1. The molecule has 1 rings (SSSR count). The van der Waals surface area contributed by atoms with E-state index < -0.39 is 12.2 Å². The van der Waals surface area contributed by atoms with E-state index in [2.05, 4.69) is 36.1 Å². The number of ether oxygens (including phenoxy) is 1. The highest BCUT2D eigenvalue weighted by Gasteiger charge is 2.39. The number of hydrogen-bond acceptors (Lipinski definition) is 6. The molecule has 1 heterocycles. The van der Waals surface area contributed by atoms with Crippen molar-refractivity contribution >= 4 is 11.9 Å². The van der Waals surface area contributed by atoms with Gasteiger partial charge in [0.15, 0.2) is 6.10 Å². The van der Waals surface area contributed by atoms with Crippen molar-refractivity contribution in [2.45, 2.75) is 96.2 Å². The van der Waals surface area contributed by atoms with Crippen LogP contribution in [0.3, 0.4) is 0 Å². The highest BCUT2D eigenvalue weighted by molar-refractivity contribution is 5.78. The minimum atomic E-state index is -0.690. The Hall–Kier alpha value is -1.70. The molecule has 1 saturated heterocycles. The lowest BCUT2D eigenvalue weighted by molar-refractivity contribution is -0.289. The maximum Gasteiger partial charge on any atom is 0.306 e. The van der Waals surface area contributed by atoms with Gasteiger partial charge in [-0.2, -0.15) is 0 Å². The second kappa shape index (κ2) is 18.7. The predicted molar refractivity (Wildman–Crippen MR) is 132 cm³/mol. The number of unbranched alkanes of at least 4 members (excludes halogenated alkanes) is 8. The summed E-state index contributed by atoms with van der Waals surface area (Å²) >= 11 is 0. The van der Waals surface area contributed by atoms with Crippen molar-refractivity contribution in [3.05, 3.63) is 24.3 Å². The first-order valence-electron chi connectivity index (χ1n) is 12.7. The van der Waals surface area contributed by atoms with Crippen molar-refractivity contribution < 1.29 is 24.5 Å². The highest BCUT2D eigenvalue weighted by Crippen LogP contribution is 2.18. The fourth-order valence-corrected chi connectivity index (χ4v) is 3.84. The molecule has 33 heavy (non-hydrogen) atoms. The monoisotopic (exact) mass is 466 g/mol. The summed E-state index contributed by atoms with van der Waals surface area (Å²) in [6.07, 6.45) is 20.6. The van der Waals surface area contributed by atoms with Crippen molar-refractivity contribution in [1.82, 2.24) is 9.80 Å². The molecule has 0 aromatic carbocycles. The SMILES string of the molecule is CCCCC/C=C\C/C=C\CCCCCCCC(=O)O[C@@H]1CN(C(=O)CN(C)C)CC1OO. The minimum Gasteiger partial charge on any atom is -0.457 e. The van der Waals surface area contributed by atoms with Gasteiger partial charge >= 0.3 is 5.97 Å². The molecule has 0 aliphatic carbocycles. The Morgan fingerprint density at radius 3 is 2.15 bits per heavy atom. The van der Waals surface area contributed by atoms with Gasteiger partial charge in [-0.05, 0) is 52.6 Å². The molecular weight excluding hydrogens is 420 g/mol. The van der Waals surface area contributed by atoms with Crippen LogP contribution in [0.5, 0.6) is 0 Å². The Balaban J connectivity index is 2.06. The molecule has 2 atom stereocenters. The quantitative estimate of drug-likeness (QED) is 0.101. The van der Waals surface area contributed by atoms with Gasteiger partial charge in [-0.25, -0.2) is 4.89 Å². The van der Waals surface area contributed by atoms with Crippen LogP contribution < -0.4 is 0 Å². The summed E-state index contributed by atoms with van der Waals surface area (Å²) < 4.78 is 5.47.